The SMILES string of the molecule is CCN1CCCC1CN(C)CN1CCCC1C. The third-order valence-electron chi connectivity index (χ3n) is 4.54. The summed E-state index contributed by atoms with van der Waals surface area (Å²) in [5.41, 5.74) is 0. The van der Waals surface area contributed by atoms with Gasteiger partial charge in [-0.2, -0.15) is 0 Å². The van der Waals surface area contributed by atoms with E-state index in [0.717, 1.165) is 18.8 Å². The number of rotatable bonds is 5. The van der Waals surface area contributed by atoms with Crippen molar-refractivity contribution in [2.24, 2.45) is 0 Å². The van der Waals surface area contributed by atoms with E-state index in [1.165, 1.54) is 51.9 Å². The van der Waals surface area contributed by atoms with E-state index in [2.05, 4.69) is 35.6 Å². The molecule has 0 spiro atoms. The monoisotopic (exact) mass is 239 g/mol. The first-order valence-electron chi connectivity index (χ1n) is 7.37. The Balaban J connectivity index is 1.74. The van der Waals surface area contributed by atoms with E-state index in [1.54, 1.807) is 0 Å². The minimum Gasteiger partial charge on any atom is -0.299 e. The summed E-state index contributed by atoms with van der Waals surface area (Å²) in [5.74, 6) is 0. The van der Waals surface area contributed by atoms with E-state index in [1.807, 2.05) is 0 Å². The van der Waals surface area contributed by atoms with Crippen LogP contribution in [0.4, 0.5) is 0 Å². The lowest BCUT2D eigenvalue weighted by molar-refractivity contribution is 0.119. The summed E-state index contributed by atoms with van der Waals surface area (Å²) >= 11 is 0. The Morgan fingerprint density at radius 1 is 1.12 bits per heavy atom. The highest BCUT2D eigenvalue weighted by atomic mass is 15.3. The number of hydrogen-bond donors (Lipinski definition) is 0. The lowest BCUT2D eigenvalue weighted by Gasteiger charge is -2.31. The van der Waals surface area contributed by atoms with Crippen LogP contribution in [0.15, 0.2) is 0 Å². The Kier molecular flexibility index (Phi) is 4.83. The molecule has 2 atom stereocenters. The molecule has 2 fully saturated rings. The van der Waals surface area contributed by atoms with Crippen LogP contribution >= 0.6 is 0 Å². The van der Waals surface area contributed by atoms with Crippen LogP contribution in [0.2, 0.25) is 0 Å². The molecule has 3 nitrogen and oxygen atoms in total. The second-order valence-electron chi connectivity index (χ2n) is 5.91. The molecular weight excluding hydrogens is 210 g/mol. The summed E-state index contributed by atoms with van der Waals surface area (Å²) in [6.45, 7) is 10.9. The van der Waals surface area contributed by atoms with Gasteiger partial charge in [-0.1, -0.05) is 6.92 Å². The summed E-state index contributed by atoms with van der Waals surface area (Å²) in [4.78, 5) is 7.80. The van der Waals surface area contributed by atoms with E-state index in [0.29, 0.717) is 0 Å². The second kappa shape index (κ2) is 6.17. The first kappa shape index (κ1) is 13.3. The van der Waals surface area contributed by atoms with E-state index >= 15 is 0 Å². The highest BCUT2D eigenvalue weighted by Gasteiger charge is 2.26. The van der Waals surface area contributed by atoms with Crippen molar-refractivity contribution in [3.05, 3.63) is 0 Å². The molecular formula is C14H29N3. The maximum atomic E-state index is 2.64. The molecule has 2 unspecified atom stereocenters. The maximum absolute atomic E-state index is 2.64. The standard InChI is InChI=1S/C14H29N3/c1-4-16-9-6-8-14(16)11-15(3)12-17-10-5-7-13(17)2/h13-14H,4-12H2,1-3H3. The van der Waals surface area contributed by atoms with Crippen molar-refractivity contribution in [1.29, 1.82) is 0 Å². The van der Waals surface area contributed by atoms with Crippen molar-refractivity contribution in [2.45, 2.75) is 51.6 Å². The lowest BCUT2D eigenvalue weighted by Crippen LogP contribution is -2.44. The van der Waals surface area contributed by atoms with Gasteiger partial charge < -0.3 is 0 Å². The Labute approximate surface area is 107 Å². The lowest BCUT2D eigenvalue weighted by atomic mass is 10.2. The molecule has 0 radical (unpaired) electrons. The van der Waals surface area contributed by atoms with Gasteiger partial charge >= 0.3 is 0 Å². The van der Waals surface area contributed by atoms with Gasteiger partial charge in [-0.3, -0.25) is 14.7 Å². The predicted molar refractivity (Wildman–Crippen MR) is 73.2 cm³/mol. The largest absolute Gasteiger partial charge is 0.299 e. The van der Waals surface area contributed by atoms with Crippen LogP contribution in [-0.4, -0.2) is 66.7 Å². The molecule has 2 aliphatic rings. The molecule has 2 aliphatic heterocycles. The number of hydrogen-bond acceptors (Lipinski definition) is 3. The molecule has 0 bridgehead atoms. The molecule has 2 rings (SSSR count). The fraction of sp³-hybridized carbons (Fsp3) is 1.00. The highest BCUT2D eigenvalue weighted by molar-refractivity contribution is 4.81. The van der Waals surface area contributed by atoms with Crippen molar-refractivity contribution in [3.63, 3.8) is 0 Å². The summed E-state index contributed by atoms with van der Waals surface area (Å²) in [6, 6.07) is 1.60. The van der Waals surface area contributed by atoms with Gasteiger partial charge in [0, 0.05) is 18.6 Å². The fourth-order valence-electron chi connectivity index (χ4n) is 3.45. The molecule has 3 heteroatoms. The van der Waals surface area contributed by atoms with Gasteiger partial charge in [0.2, 0.25) is 0 Å². The molecule has 2 heterocycles. The van der Waals surface area contributed by atoms with E-state index < -0.39 is 0 Å². The third-order valence-corrected chi connectivity index (χ3v) is 4.54. The molecule has 17 heavy (non-hydrogen) atoms. The highest BCUT2D eigenvalue weighted by Crippen LogP contribution is 2.19. The van der Waals surface area contributed by atoms with Gasteiger partial charge in [0.1, 0.15) is 0 Å². The molecule has 0 aliphatic carbocycles. The first-order valence-corrected chi connectivity index (χ1v) is 7.37. The zero-order valence-electron chi connectivity index (χ0n) is 11.9. The number of likely N-dealkylation sites (N-methyl/N-ethyl adjacent to an activating group) is 2. The van der Waals surface area contributed by atoms with Crippen LogP contribution < -0.4 is 0 Å². The quantitative estimate of drug-likeness (QED) is 0.725. The Morgan fingerprint density at radius 2 is 1.82 bits per heavy atom. The average Bonchev–Trinajstić information content (AvgIpc) is 2.89. The summed E-state index contributed by atoms with van der Waals surface area (Å²) in [7, 11) is 2.29. The molecule has 0 N–H and O–H groups in total. The van der Waals surface area contributed by atoms with Gasteiger partial charge in [-0.05, 0) is 59.3 Å². The maximum Gasteiger partial charge on any atom is 0.0506 e. The van der Waals surface area contributed by atoms with Gasteiger partial charge in [0.15, 0.2) is 0 Å². The zero-order chi connectivity index (χ0) is 12.3. The zero-order valence-corrected chi connectivity index (χ0v) is 11.9. The molecule has 0 saturated carbocycles. The normalized spacial score (nSPS) is 31.8. The molecule has 2 saturated heterocycles. The molecule has 100 valence electrons. The van der Waals surface area contributed by atoms with Crippen LogP contribution in [0.5, 0.6) is 0 Å². The van der Waals surface area contributed by atoms with Crippen molar-refractivity contribution in [2.75, 3.05) is 39.9 Å². The van der Waals surface area contributed by atoms with E-state index in [9.17, 15) is 0 Å². The molecule has 0 amide bonds. The molecule has 0 aromatic heterocycles. The van der Waals surface area contributed by atoms with Gasteiger partial charge in [0.05, 0.1) is 6.67 Å². The summed E-state index contributed by atoms with van der Waals surface area (Å²) in [5, 5.41) is 0. The van der Waals surface area contributed by atoms with Crippen LogP contribution in [0.25, 0.3) is 0 Å². The van der Waals surface area contributed by atoms with Crippen molar-refractivity contribution in [3.8, 4) is 0 Å². The van der Waals surface area contributed by atoms with E-state index in [4.69, 9.17) is 0 Å². The first-order chi connectivity index (χ1) is 8.20. The minimum absolute atomic E-state index is 0.795. The van der Waals surface area contributed by atoms with Crippen LogP contribution in [0.1, 0.15) is 39.5 Å². The van der Waals surface area contributed by atoms with Gasteiger partial charge in [-0.15, -0.1) is 0 Å². The number of likely N-dealkylation sites (tertiary alicyclic amines) is 2. The molecule has 0 aromatic rings. The van der Waals surface area contributed by atoms with Crippen molar-refractivity contribution < 1.29 is 0 Å². The van der Waals surface area contributed by atoms with Gasteiger partial charge in [-0.25, -0.2) is 0 Å². The van der Waals surface area contributed by atoms with Crippen LogP contribution in [0, 0.1) is 0 Å². The third kappa shape index (κ3) is 3.43. The fourth-order valence-corrected chi connectivity index (χ4v) is 3.45. The topological polar surface area (TPSA) is 9.72 Å². The second-order valence-corrected chi connectivity index (χ2v) is 5.91. The molecule has 0 aromatic carbocycles. The summed E-state index contributed by atoms with van der Waals surface area (Å²) < 4.78 is 0. The summed E-state index contributed by atoms with van der Waals surface area (Å²) in [6.07, 6.45) is 5.57. The van der Waals surface area contributed by atoms with Crippen molar-refractivity contribution >= 4 is 0 Å². The van der Waals surface area contributed by atoms with Crippen LogP contribution in [-0.2, 0) is 0 Å². The Bertz CT molecular complexity index is 232. The Hall–Kier alpha value is -0.120. The van der Waals surface area contributed by atoms with Gasteiger partial charge in [0.25, 0.3) is 0 Å². The Morgan fingerprint density at radius 3 is 2.47 bits per heavy atom. The van der Waals surface area contributed by atoms with E-state index in [-0.39, 0.29) is 0 Å². The average molecular weight is 239 g/mol. The smallest absolute Gasteiger partial charge is 0.0506 e. The predicted octanol–water partition coefficient (Wildman–Crippen LogP) is 1.84. The van der Waals surface area contributed by atoms with Crippen molar-refractivity contribution in [1.82, 2.24) is 14.7 Å². The van der Waals surface area contributed by atoms with Crippen LogP contribution in [0.3, 0.4) is 0 Å². The number of nitrogens with zero attached hydrogens (tertiary/aromatic N) is 3. The minimum atomic E-state index is 0.795.